The second-order valence-corrected chi connectivity index (χ2v) is 5.91. The van der Waals surface area contributed by atoms with E-state index >= 15 is 0 Å². The van der Waals surface area contributed by atoms with Crippen LogP contribution in [0, 0.1) is 0 Å². The smallest absolute Gasteiger partial charge is 0.0613 e. The predicted octanol–water partition coefficient (Wildman–Crippen LogP) is 2.00. The first kappa shape index (κ1) is 14.9. The summed E-state index contributed by atoms with van der Waals surface area (Å²) in [7, 11) is 2.22. The average molecular weight is 242 g/mol. The molecule has 2 N–H and O–H groups in total. The first-order chi connectivity index (χ1) is 8.03. The van der Waals surface area contributed by atoms with Crippen LogP contribution in [0.5, 0.6) is 0 Å². The topological polar surface area (TPSA) is 35.5 Å². The summed E-state index contributed by atoms with van der Waals surface area (Å²) < 4.78 is 0. The summed E-state index contributed by atoms with van der Waals surface area (Å²) in [5.74, 6) is 0. The van der Waals surface area contributed by atoms with Gasteiger partial charge >= 0.3 is 0 Å². The third kappa shape index (κ3) is 4.94. The Labute approximate surface area is 107 Å². The Morgan fingerprint density at radius 1 is 1.41 bits per heavy atom. The lowest BCUT2D eigenvalue weighted by atomic mass is 9.90. The van der Waals surface area contributed by atoms with E-state index in [-0.39, 0.29) is 12.1 Å². The molecule has 1 saturated carbocycles. The van der Waals surface area contributed by atoms with E-state index in [0.717, 1.165) is 25.4 Å². The number of rotatable bonds is 9. The highest BCUT2D eigenvalue weighted by atomic mass is 16.3. The van der Waals surface area contributed by atoms with Crippen molar-refractivity contribution < 1.29 is 5.11 Å². The lowest BCUT2D eigenvalue weighted by molar-refractivity contribution is 0.131. The quantitative estimate of drug-likeness (QED) is 0.649. The van der Waals surface area contributed by atoms with Gasteiger partial charge in [-0.25, -0.2) is 0 Å². The molecule has 1 fully saturated rings. The third-order valence-electron chi connectivity index (χ3n) is 3.91. The summed E-state index contributed by atoms with van der Waals surface area (Å²) in [6, 6.07) is 1.28. The van der Waals surface area contributed by atoms with Crippen molar-refractivity contribution in [3.63, 3.8) is 0 Å². The van der Waals surface area contributed by atoms with Gasteiger partial charge in [0.2, 0.25) is 0 Å². The predicted molar refractivity (Wildman–Crippen MR) is 73.3 cm³/mol. The Morgan fingerprint density at radius 2 is 2.06 bits per heavy atom. The van der Waals surface area contributed by atoms with Crippen molar-refractivity contribution in [2.45, 2.75) is 70.5 Å². The fraction of sp³-hybridized carbons (Fsp3) is 1.00. The lowest BCUT2D eigenvalue weighted by Gasteiger charge is -2.35. The van der Waals surface area contributed by atoms with Gasteiger partial charge in [-0.3, -0.25) is 0 Å². The Bertz CT molecular complexity index is 210. The maximum absolute atomic E-state index is 9.64. The third-order valence-corrected chi connectivity index (χ3v) is 3.91. The molecule has 1 atom stereocenters. The van der Waals surface area contributed by atoms with E-state index in [9.17, 15) is 5.11 Å². The molecule has 0 amide bonds. The molecule has 0 aromatic rings. The van der Waals surface area contributed by atoms with Gasteiger partial charge in [0.05, 0.1) is 6.61 Å². The Kier molecular flexibility index (Phi) is 5.90. The minimum atomic E-state index is -0.0709. The lowest BCUT2D eigenvalue weighted by Crippen LogP contribution is -2.51. The van der Waals surface area contributed by atoms with E-state index in [0.29, 0.717) is 6.04 Å². The molecule has 1 aliphatic carbocycles. The summed E-state index contributed by atoms with van der Waals surface area (Å²) in [6.45, 7) is 7.87. The molecule has 0 aromatic carbocycles. The zero-order chi connectivity index (χ0) is 12.9. The van der Waals surface area contributed by atoms with Crippen molar-refractivity contribution in [3.8, 4) is 0 Å². The monoisotopic (exact) mass is 242 g/mol. The zero-order valence-corrected chi connectivity index (χ0v) is 12.0. The van der Waals surface area contributed by atoms with Crippen LogP contribution in [0.2, 0.25) is 0 Å². The largest absolute Gasteiger partial charge is 0.394 e. The van der Waals surface area contributed by atoms with E-state index in [1.165, 1.54) is 19.3 Å². The van der Waals surface area contributed by atoms with Crippen LogP contribution in [0.1, 0.15) is 52.9 Å². The molecule has 1 unspecified atom stereocenters. The van der Waals surface area contributed by atoms with E-state index in [2.05, 4.69) is 38.0 Å². The molecule has 0 aliphatic heterocycles. The Hall–Kier alpha value is -0.120. The summed E-state index contributed by atoms with van der Waals surface area (Å²) in [6.07, 6.45) is 5.98. The summed E-state index contributed by atoms with van der Waals surface area (Å²) in [4.78, 5) is 2.47. The van der Waals surface area contributed by atoms with Gasteiger partial charge in [0.25, 0.3) is 0 Å². The molecular weight excluding hydrogens is 212 g/mol. The van der Waals surface area contributed by atoms with Crippen LogP contribution in [0.4, 0.5) is 0 Å². The van der Waals surface area contributed by atoms with Gasteiger partial charge in [0.15, 0.2) is 0 Å². The van der Waals surface area contributed by atoms with Gasteiger partial charge in [-0.1, -0.05) is 20.8 Å². The second kappa shape index (κ2) is 6.72. The molecule has 102 valence electrons. The average Bonchev–Trinajstić information content (AvgIpc) is 3.10. The maximum Gasteiger partial charge on any atom is 0.0613 e. The SMILES string of the molecule is CCC(CO)(CCCN(C)C1CC1)NC(C)C. The van der Waals surface area contributed by atoms with Crippen LogP contribution in [0.3, 0.4) is 0 Å². The van der Waals surface area contributed by atoms with Crippen LogP contribution in [0.15, 0.2) is 0 Å². The van der Waals surface area contributed by atoms with E-state index in [4.69, 9.17) is 0 Å². The molecule has 0 aromatic heterocycles. The van der Waals surface area contributed by atoms with Gasteiger partial charge in [0.1, 0.15) is 0 Å². The molecule has 0 bridgehead atoms. The van der Waals surface area contributed by atoms with Gasteiger partial charge in [-0.2, -0.15) is 0 Å². The van der Waals surface area contributed by atoms with Crippen molar-refractivity contribution in [2.24, 2.45) is 0 Å². The number of nitrogens with one attached hydrogen (secondary N) is 1. The summed E-state index contributed by atoms with van der Waals surface area (Å²) in [5, 5.41) is 13.2. The van der Waals surface area contributed by atoms with Crippen LogP contribution < -0.4 is 5.32 Å². The van der Waals surface area contributed by atoms with Gasteiger partial charge in [0, 0.05) is 17.6 Å². The molecule has 0 saturated heterocycles. The highest BCUT2D eigenvalue weighted by Crippen LogP contribution is 2.26. The molecule has 3 nitrogen and oxygen atoms in total. The van der Waals surface area contributed by atoms with E-state index < -0.39 is 0 Å². The molecule has 1 rings (SSSR count). The number of hydrogen-bond acceptors (Lipinski definition) is 3. The highest BCUT2D eigenvalue weighted by Gasteiger charge is 2.29. The molecule has 0 heterocycles. The zero-order valence-electron chi connectivity index (χ0n) is 12.0. The van der Waals surface area contributed by atoms with Crippen molar-refractivity contribution in [1.29, 1.82) is 0 Å². The minimum absolute atomic E-state index is 0.0709. The number of hydrogen-bond donors (Lipinski definition) is 2. The van der Waals surface area contributed by atoms with Crippen LogP contribution in [-0.4, -0.2) is 47.8 Å². The van der Waals surface area contributed by atoms with Crippen LogP contribution >= 0.6 is 0 Å². The second-order valence-electron chi connectivity index (χ2n) is 5.91. The minimum Gasteiger partial charge on any atom is -0.394 e. The fourth-order valence-electron chi connectivity index (χ4n) is 2.56. The molecular formula is C14H30N2O. The van der Waals surface area contributed by atoms with Gasteiger partial charge in [-0.15, -0.1) is 0 Å². The standard InChI is InChI=1S/C14H30N2O/c1-5-14(11-17,15-12(2)3)9-6-10-16(4)13-7-8-13/h12-13,15,17H,5-11H2,1-4H3. The molecule has 17 heavy (non-hydrogen) atoms. The highest BCUT2D eigenvalue weighted by molar-refractivity contribution is 4.88. The number of aliphatic hydroxyl groups is 1. The summed E-state index contributed by atoms with van der Waals surface area (Å²) >= 11 is 0. The normalized spacial score (nSPS) is 19.9. The number of aliphatic hydroxyl groups excluding tert-OH is 1. The van der Waals surface area contributed by atoms with Crippen molar-refractivity contribution >= 4 is 0 Å². The number of nitrogens with zero attached hydrogens (tertiary/aromatic N) is 1. The van der Waals surface area contributed by atoms with Gasteiger partial charge < -0.3 is 15.3 Å². The van der Waals surface area contributed by atoms with Crippen molar-refractivity contribution in [3.05, 3.63) is 0 Å². The first-order valence-electron chi connectivity index (χ1n) is 7.12. The molecule has 3 heteroatoms. The molecule has 0 radical (unpaired) electrons. The van der Waals surface area contributed by atoms with Crippen LogP contribution in [0.25, 0.3) is 0 Å². The Balaban J connectivity index is 2.31. The van der Waals surface area contributed by atoms with Crippen molar-refractivity contribution in [1.82, 2.24) is 10.2 Å². The molecule has 0 spiro atoms. The van der Waals surface area contributed by atoms with Crippen molar-refractivity contribution in [2.75, 3.05) is 20.2 Å². The summed E-state index contributed by atoms with van der Waals surface area (Å²) in [5.41, 5.74) is -0.0709. The van der Waals surface area contributed by atoms with E-state index in [1.54, 1.807) is 0 Å². The van der Waals surface area contributed by atoms with Crippen LogP contribution in [-0.2, 0) is 0 Å². The van der Waals surface area contributed by atoms with Gasteiger partial charge in [-0.05, 0) is 45.7 Å². The molecule has 1 aliphatic rings. The van der Waals surface area contributed by atoms with E-state index in [1.807, 2.05) is 0 Å². The first-order valence-corrected chi connectivity index (χ1v) is 7.12. The Morgan fingerprint density at radius 3 is 2.47 bits per heavy atom. The maximum atomic E-state index is 9.64. The fourth-order valence-corrected chi connectivity index (χ4v) is 2.56.